The van der Waals surface area contributed by atoms with Crippen molar-refractivity contribution in [3.8, 4) is 0 Å². The standard InChI is InChI=1S/C22H17NS/c1-4-10-17(11-5-1)20-16-24-23-22(19-14-8-3-9-15-19)21(20)18-12-6-2-7-13-18/h1-16,23H. The van der Waals surface area contributed by atoms with Crippen molar-refractivity contribution in [3.05, 3.63) is 113 Å². The lowest BCUT2D eigenvalue weighted by molar-refractivity contribution is 1.40. The Morgan fingerprint density at radius 1 is 0.542 bits per heavy atom. The first kappa shape index (κ1) is 14.9. The monoisotopic (exact) mass is 327 g/mol. The van der Waals surface area contributed by atoms with Gasteiger partial charge in [0.15, 0.2) is 0 Å². The van der Waals surface area contributed by atoms with Crippen molar-refractivity contribution in [3.63, 3.8) is 0 Å². The van der Waals surface area contributed by atoms with Gasteiger partial charge in [0.05, 0.1) is 5.70 Å². The Balaban J connectivity index is 1.95. The highest BCUT2D eigenvalue weighted by Gasteiger charge is 2.20. The third kappa shape index (κ3) is 2.89. The van der Waals surface area contributed by atoms with Crippen molar-refractivity contribution in [2.24, 2.45) is 0 Å². The number of allylic oxidation sites excluding steroid dienone is 2. The van der Waals surface area contributed by atoms with Gasteiger partial charge in [0.2, 0.25) is 0 Å². The minimum atomic E-state index is 1.16. The van der Waals surface area contributed by atoms with E-state index in [4.69, 9.17) is 0 Å². The van der Waals surface area contributed by atoms with E-state index >= 15 is 0 Å². The van der Waals surface area contributed by atoms with Gasteiger partial charge in [-0.1, -0.05) is 91.0 Å². The Kier molecular flexibility index (Phi) is 4.22. The first-order valence-corrected chi connectivity index (χ1v) is 8.84. The van der Waals surface area contributed by atoms with Crippen molar-refractivity contribution in [1.29, 1.82) is 0 Å². The molecule has 0 saturated heterocycles. The van der Waals surface area contributed by atoms with Crippen LogP contribution in [0.15, 0.2) is 96.4 Å². The summed E-state index contributed by atoms with van der Waals surface area (Å²) in [5.74, 6) is 0. The summed E-state index contributed by atoms with van der Waals surface area (Å²) in [5.41, 5.74) is 7.31. The largest absolute Gasteiger partial charge is 0.325 e. The van der Waals surface area contributed by atoms with Gasteiger partial charge in [0, 0.05) is 11.0 Å². The third-order valence-corrected chi connectivity index (χ3v) is 4.74. The normalized spacial score (nSPS) is 14.1. The maximum Gasteiger partial charge on any atom is 0.0601 e. The molecule has 0 aromatic heterocycles. The highest BCUT2D eigenvalue weighted by atomic mass is 32.2. The summed E-state index contributed by atoms with van der Waals surface area (Å²) in [6, 6.07) is 31.7. The van der Waals surface area contributed by atoms with Gasteiger partial charge in [-0.25, -0.2) is 0 Å². The van der Waals surface area contributed by atoms with Crippen LogP contribution in [0.1, 0.15) is 16.7 Å². The smallest absolute Gasteiger partial charge is 0.0601 e. The van der Waals surface area contributed by atoms with Gasteiger partial charge in [0.25, 0.3) is 0 Å². The van der Waals surface area contributed by atoms with E-state index in [-0.39, 0.29) is 0 Å². The van der Waals surface area contributed by atoms with E-state index in [1.54, 1.807) is 11.9 Å². The van der Waals surface area contributed by atoms with E-state index in [1.165, 1.54) is 27.8 Å². The van der Waals surface area contributed by atoms with E-state index < -0.39 is 0 Å². The fourth-order valence-electron chi connectivity index (χ4n) is 2.93. The second-order valence-electron chi connectivity index (χ2n) is 5.60. The van der Waals surface area contributed by atoms with E-state index in [1.807, 2.05) is 0 Å². The molecule has 3 aromatic carbocycles. The van der Waals surface area contributed by atoms with Crippen LogP contribution in [0.4, 0.5) is 0 Å². The number of benzene rings is 3. The summed E-state index contributed by atoms with van der Waals surface area (Å²) in [7, 11) is 0. The highest BCUT2D eigenvalue weighted by molar-refractivity contribution is 8.00. The number of rotatable bonds is 3. The number of hydrogen-bond acceptors (Lipinski definition) is 2. The van der Waals surface area contributed by atoms with Gasteiger partial charge in [-0.3, -0.25) is 0 Å². The van der Waals surface area contributed by atoms with Gasteiger partial charge in [-0.15, -0.1) is 0 Å². The van der Waals surface area contributed by atoms with Crippen LogP contribution in [-0.4, -0.2) is 0 Å². The molecule has 0 atom stereocenters. The zero-order valence-electron chi connectivity index (χ0n) is 13.1. The van der Waals surface area contributed by atoms with Gasteiger partial charge >= 0.3 is 0 Å². The first-order valence-electron chi connectivity index (χ1n) is 7.96. The van der Waals surface area contributed by atoms with Crippen LogP contribution >= 0.6 is 11.9 Å². The zero-order chi connectivity index (χ0) is 16.2. The van der Waals surface area contributed by atoms with Crippen LogP contribution in [0, 0.1) is 0 Å². The summed E-state index contributed by atoms with van der Waals surface area (Å²) in [5, 5.41) is 2.20. The van der Waals surface area contributed by atoms with E-state index in [2.05, 4.69) is 101 Å². The number of hydrogen-bond donors (Lipinski definition) is 1. The van der Waals surface area contributed by atoms with Crippen molar-refractivity contribution in [2.75, 3.05) is 0 Å². The molecule has 0 spiro atoms. The molecular formula is C22H17NS. The predicted octanol–water partition coefficient (Wildman–Crippen LogP) is 5.85. The molecule has 0 fully saturated rings. The SMILES string of the molecule is C1=C(c2ccccc2)C(c2ccccc2)=C(c2ccccc2)NS1. The molecule has 3 aromatic rings. The van der Waals surface area contributed by atoms with Gasteiger partial charge in [-0.05, 0) is 34.2 Å². The molecule has 116 valence electrons. The lowest BCUT2D eigenvalue weighted by Gasteiger charge is -2.24. The minimum Gasteiger partial charge on any atom is -0.325 e. The molecule has 0 aliphatic carbocycles. The topological polar surface area (TPSA) is 12.0 Å². The van der Waals surface area contributed by atoms with Crippen LogP contribution in [0.2, 0.25) is 0 Å². The molecule has 0 unspecified atom stereocenters. The quantitative estimate of drug-likeness (QED) is 0.606. The fourth-order valence-corrected chi connectivity index (χ4v) is 3.70. The maximum atomic E-state index is 3.50. The second-order valence-corrected chi connectivity index (χ2v) is 6.28. The van der Waals surface area contributed by atoms with Crippen molar-refractivity contribution in [2.45, 2.75) is 0 Å². The Morgan fingerprint density at radius 2 is 1.04 bits per heavy atom. The molecule has 0 amide bonds. The minimum absolute atomic E-state index is 1.16. The van der Waals surface area contributed by atoms with Crippen LogP contribution in [0.25, 0.3) is 16.8 Å². The second kappa shape index (κ2) is 6.81. The predicted molar refractivity (Wildman–Crippen MR) is 105 cm³/mol. The molecule has 24 heavy (non-hydrogen) atoms. The summed E-state index contributed by atoms with van der Waals surface area (Å²) in [6.07, 6.45) is 0. The van der Waals surface area contributed by atoms with Crippen molar-refractivity contribution >= 4 is 28.8 Å². The maximum absolute atomic E-state index is 3.50. The molecule has 2 heteroatoms. The molecular weight excluding hydrogens is 310 g/mol. The van der Waals surface area contributed by atoms with Crippen molar-refractivity contribution < 1.29 is 0 Å². The Labute approximate surface area is 146 Å². The molecule has 1 N–H and O–H groups in total. The third-order valence-electron chi connectivity index (χ3n) is 4.07. The molecule has 1 aliphatic heterocycles. The average Bonchev–Trinajstić information content (AvgIpc) is 2.69. The lowest BCUT2D eigenvalue weighted by Crippen LogP contribution is -2.10. The fraction of sp³-hybridized carbons (Fsp3) is 0. The zero-order valence-corrected chi connectivity index (χ0v) is 14.0. The van der Waals surface area contributed by atoms with Crippen LogP contribution < -0.4 is 4.72 Å². The molecule has 0 radical (unpaired) electrons. The lowest BCUT2D eigenvalue weighted by atomic mass is 9.90. The van der Waals surface area contributed by atoms with Gasteiger partial charge in [0.1, 0.15) is 0 Å². The molecule has 4 rings (SSSR count). The average molecular weight is 327 g/mol. The Morgan fingerprint density at radius 3 is 1.62 bits per heavy atom. The molecule has 1 heterocycles. The summed E-state index contributed by atoms with van der Waals surface area (Å²) < 4.78 is 3.50. The molecule has 1 nitrogen and oxygen atoms in total. The first-order chi connectivity index (χ1) is 11.9. The molecule has 1 aliphatic rings. The summed E-state index contributed by atoms with van der Waals surface area (Å²) in [6.45, 7) is 0. The van der Waals surface area contributed by atoms with Crippen LogP contribution in [0.3, 0.4) is 0 Å². The van der Waals surface area contributed by atoms with E-state index in [0.717, 1.165) is 5.70 Å². The van der Waals surface area contributed by atoms with E-state index in [0.29, 0.717) is 0 Å². The summed E-state index contributed by atoms with van der Waals surface area (Å²) >= 11 is 1.63. The summed E-state index contributed by atoms with van der Waals surface area (Å²) in [4.78, 5) is 0. The van der Waals surface area contributed by atoms with Crippen LogP contribution in [0.5, 0.6) is 0 Å². The van der Waals surface area contributed by atoms with Crippen LogP contribution in [-0.2, 0) is 0 Å². The number of nitrogens with one attached hydrogen (secondary N) is 1. The van der Waals surface area contributed by atoms with Gasteiger partial charge in [-0.2, -0.15) is 0 Å². The Hall–Kier alpha value is -2.71. The van der Waals surface area contributed by atoms with Gasteiger partial charge < -0.3 is 4.72 Å². The van der Waals surface area contributed by atoms with E-state index in [9.17, 15) is 0 Å². The van der Waals surface area contributed by atoms with Crippen molar-refractivity contribution in [1.82, 2.24) is 4.72 Å². The highest BCUT2D eigenvalue weighted by Crippen LogP contribution is 2.41. The molecule has 0 saturated carbocycles. The Bertz CT molecular complexity index is 881. The molecule has 0 bridgehead atoms.